The summed E-state index contributed by atoms with van der Waals surface area (Å²) in [6, 6.07) is 10.5. The minimum atomic E-state index is 0.152. The second-order valence-corrected chi connectivity index (χ2v) is 10.1. The third kappa shape index (κ3) is 17.8. The summed E-state index contributed by atoms with van der Waals surface area (Å²) in [5.41, 5.74) is 1.21. The summed E-state index contributed by atoms with van der Waals surface area (Å²) >= 11 is 0. The predicted octanol–water partition coefficient (Wildman–Crippen LogP) is 10.1. The van der Waals surface area contributed by atoms with Crippen molar-refractivity contribution >= 4 is 5.91 Å². The van der Waals surface area contributed by atoms with Crippen LogP contribution in [0.2, 0.25) is 0 Å². The molecule has 1 unspecified atom stereocenters. The third-order valence-electron chi connectivity index (χ3n) is 6.95. The van der Waals surface area contributed by atoms with Crippen LogP contribution < -0.4 is 5.32 Å². The van der Waals surface area contributed by atoms with Crippen LogP contribution in [-0.2, 0) is 4.79 Å². The maximum absolute atomic E-state index is 12.3. The molecule has 0 aliphatic carbocycles. The SMILES string of the molecule is CCCCCCCCCCCCCCCCCCCCCC(=O)NC(CC)c1ccccc1. The minimum Gasteiger partial charge on any atom is -0.349 e. The zero-order chi connectivity index (χ0) is 23.8. The number of unbranched alkanes of at least 4 members (excludes halogenated alkanes) is 18. The Morgan fingerprint density at radius 1 is 0.606 bits per heavy atom. The first-order chi connectivity index (χ1) is 16.3. The van der Waals surface area contributed by atoms with E-state index in [2.05, 4.69) is 31.3 Å². The maximum atomic E-state index is 12.3. The molecule has 0 aliphatic heterocycles. The maximum Gasteiger partial charge on any atom is 0.220 e. The Morgan fingerprint density at radius 3 is 1.39 bits per heavy atom. The van der Waals surface area contributed by atoms with Gasteiger partial charge < -0.3 is 5.32 Å². The summed E-state index contributed by atoms with van der Waals surface area (Å²) in [4.78, 5) is 12.3. The van der Waals surface area contributed by atoms with Crippen molar-refractivity contribution in [3.63, 3.8) is 0 Å². The van der Waals surface area contributed by atoms with E-state index in [1.807, 2.05) is 18.2 Å². The fourth-order valence-corrected chi connectivity index (χ4v) is 4.74. The normalized spacial score (nSPS) is 12.1. The van der Waals surface area contributed by atoms with Gasteiger partial charge >= 0.3 is 0 Å². The van der Waals surface area contributed by atoms with Crippen LogP contribution in [-0.4, -0.2) is 5.91 Å². The number of carbonyl (C=O) groups is 1. The molecule has 0 spiro atoms. The second-order valence-electron chi connectivity index (χ2n) is 10.1. The van der Waals surface area contributed by atoms with E-state index in [9.17, 15) is 4.79 Å². The van der Waals surface area contributed by atoms with Gasteiger partial charge in [0.1, 0.15) is 0 Å². The van der Waals surface area contributed by atoms with Gasteiger partial charge in [0.25, 0.3) is 0 Å². The van der Waals surface area contributed by atoms with Gasteiger partial charge in [-0.1, -0.05) is 160 Å². The van der Waals surface area contributed by atoms with Gasteiger partial charge in [-0.25, -0.2) is 0 Å². The van der Waals surface area contributed by atoms with E-state index in [-0.39, 0.29) is 11.9 Å². The topological polar surface area (TPSA) is 29.1 Å². The van der Waals surface area contributed by atoms with Gasteiger partial charge in [0, 0.05) is 6.42 Å². The van der Waals surface area contributed by atoms with Crippen molar-refractivity contribution in [1.29, 1.82) is 0 Å². The molecule has 1 atom stereocenters. The first kappa shape index (κ1) is 29.7. The zero-order valence-electron chi connectivity index (χ0n) is 22.2. The van der Waals surface area contributed by atoms with Gasteiger partial charge in [0.2, 0.25) is 5.91 Å². The van der Waals surface area contributed by atoms with E-state index in [1.54, 1.807) is 0 Å². The number of amides is 1. The molecule has 2 heteroatoms. The molecule has 0 saturated heterocycles. The van der Waals surface area contributed by atoms with Crippen molar-refractivity contribution in [3.8, 4) is 0 Å². The molecule has 0 aliphatic rings. The largest absolute Gasteiger partial charge is 0.349 e. The monoisotopic (exact) mass is 457 g/mol. The minimum absolute atomic E-state index is 0.152. The van der Waals surface area contributed by atoms with Crippen LogP contribution in [0.1, 0.15) is 160 Å². The lowest BCUT2D eigenvalue weighted by Crippen LogP contribution is -2.27. The van der Waals surface area contributed by atoms with Crippen molar-refractivity contribution in [3.05, 3.63) is 35.9 Å². The Hall–Kier alpha value is -1.31. The Kier molecular flexibility index (Phi) is 20.2. The summed E-state index contributed by atoms with van der Waals surface area (Å²) in [7, 11) is 0. The van der Waals surface area contributed by atoms with Crippen molar-refractivity contribution in [1.82, 2.24) is 5.32 Å². The van der Waals surface area contributed by atoms with Crippen LogP contribution in [0.5, 0.6) is 0 Å². The number of hydrogen-bond acceptors (Lipinski definition) is 1. The highest BCUT2D eigenvalue weighted by atomic mass is 16.1. The molecule has 0 radical (unpaired) electrons. The van der Waals surface area contributed by atoms with Crippen molar-refractivity contribution in [2.75, 3.05) is 0 Å². The second kappa shape index (κ2) is 22.5. The lowest BCUT2D eigenvalue weighted by Gasteiger charge is -2.17. The Balaban J connectivity index is 1.81. The van der Waals surface area contributed by atoms with Gasteiger partial charge in [-0.05, 0) is 18.4 Å². The Morgan fingerprint density at radius 2 is 1.00 bits per heavy atom. The fourth-order valence-electron chi connectivity index (χ4n) is 4.74. The van der Waals surface area contributed by atoms with Crippen molar-refractivity contribution < 1.29 is 4.79 Å². The standard InChI is InChI=1S/C31H55NO/c1-3-5-6-7-8-9-10-11-12-13-14-15-16-17-18-19-20-21-25-28-31(33)32-30(4-2)29-26-23-22-24-27-29/h22-24,26-27,30H,3-21,25,28H2,1-2H3,(H,32,33). The van der Waals surface area contributed by atoms with Gasteiger partial charge in [-0.15, -0.1) is 0 Å². The lowest BCUT2D eigenvalue weighted by molar-refractivity contribution is -0.122. The lowest BCUT2D eigenvalue weighted by atomic mass is 10.0. The molecule has 1 aromatic carbocycles. The van der Waals surface area contributed by atoms with Crippen LogP contribution in [0.3, 0.4) is 0 Å². The smallest absolute Gasteiger partial charge is 0.220 e. The highest BCUT2D eigenvalue weighted by Crippen LogP contribution is 2.17. The molecule has 0 bridgehead atoms. The van der Waals surface area contributed by atoms with Gasteiger partial charge in [0.15, 0.2) is 0 Å². The summed E-state index contributed by atoms with van der Waals surface area (Å²) in [6.07, 6.45) is 27.9. The van der Waals surface area contributed by atoms with Crippen LogP contribution in [0, 0.1) is 0 Å². The van der Waals surface area contributed by atoms with E-state index < -0.39 is 0 Å². The summed E-state index contributed by atoms with van der Waals surface area (Å²) in [5, 5.41) is 3.20. The number of hydrogen-bond donors (Lipinski definition) is 1. The highest BCUT2D eigenvalue weighted by Gasteiger charge is 2.11. The average Bonchev–Trinajstić information content (AvgIpc) is 2.84. The zero-order valence-corrected chi connectivity index (χ0v) is 22.2. The highest BCUT2D eigenvalue weighted by molar-refractivity contribution is 5.76. The molecule has 0 fully saturated rings. The first-order valence-corrected chi connectivity index (χ1v) is 14.6. The van der Waals surface area contributed by atoms with Crippen molar-refractivity contribution in [2.45, 2.75) is 155 Å². The molecule has 2 nitrogen and oxygen atoms in total. The Bertz CT molecular complexity index is 541. The fraction of sp³-hybridized carbons (Fsp3) is 0.774. The van der Waals surface area contributed by atoms with E-state index in [1.165, 1.54) is 121 Å². The molecule has 0 heterocycles. The quantitative estimate of drug-likeness (QED) is 0.163. The van der Waals surface area contributed by atoms with E-state index in [0.29, 0.717) is 6.42 Å². The molecular weight excluding hydrogens is 402 g/mol. The van der Waals surface area contributed by atoms with Crippen LogP contribution in [0.4, 0.5) is 0 Å². The average molecular weight is 458 g/mol. The summed E-state index contributed by atoms with van der Waals surface area (Å²) in [6.45, 7) is 4.43. The van der Waals surface area contributed by atoms with Crippen LogP contribution in [0.15, 0.2) is 30.3 Å². The molecule has 1 N–H and O–H groups in total. The summed E-state index contributed by atoms with van der Waals surface area (Å²) < 4.78 is 0. The van der Waals surface area contributed by atoms with E-state index in [0.717, 1.165) is 12.8 Å². The number of benzene rings is 1. The number of rotatable bonds is 23. The molecule has 33 heavy (non-hydrogen) atoms. The number of carbonyl (C=O) groups excluding carboxylic acids is 1. The molecule has 0 saturated carbocycles. The third-order valence-corrected chi connectivity index (χ3v) is 6.95. The van der Waals surface area contributed by atoms with Gasteiger partial charge in [-0.3, -0.25) is 4.79 Å². The first-order valence-electron chi connectivity index (χ1n) is 14.6. The molecular formula is C31H55NO. The van der Waals surface area contributed by atoms with E-state index in [4.69, 9.17) is 0 Å². The van der Waals surface area contributed by atoms with Crippen LogP contribution in [0.25, 0.3) is 0 Å². The molecule has 1 rings (SSSR count). The van der Waals surface area contributed by atoms with Gasteiger partial charge in [-0.2, -0.15) is 0 Å². The molecule has 1 amide bonds. The summed E-state index contributed by atoms with van der Waals surface area (Å²) in [5.74, 6) is 0.206. The molecule has 1 aromatic rings. The molecule has 190 valence electrons. The van der Waals surface area contributed by atoms with Crippen molar-refractivity contribution in [2.24, 2.45) is 0 Å². The van der Waals surface area contributed by atoms with E-state index >= 15 is 0 Å². The molecule has 0 aromatic heterocycles. The van der Waals surface area contributed by atoms with Gasteiger partial charge in [0.05, 0.1) is 6.04 Å². The predicted molar refractivity (Wildman–Crippen MR) is 146 cm³/mol. The Labute approximate surface area is 206 Å². The number of nitrogens with one attached hydrogen (secondary N) is 1. The van der Waals surface area contributed by atoms with Crippen LogP contribution >= 0.6 is 0 Å².